The van der Waals surface area contributed by atoms with Gasteiger partial charge in [-0.25, -0.2) is 0 Å². The van der Waals surface area contributed by atoms with Crippen LogP contribution in [-0.2, 0) is 9.59 Å². The number of hydrazine groups is 1. The first kappa shape index (κ1) is 20.8. The zero-order valence-electron chi connectivity index (χ0n) is 15.8. The fraction of sp³-hybridized carbons (Fsp3) is 0.300. The van der Waals surface area contributed by atoms with Gasteiger partial charge in [-0.1, -0.05) is 18.2 Å². The van der Waals surface area contributed by atoms with Crippen LogP contribution in [0.25, 0.3) is 0 Å². The van der Waals surface area contributed by atoms with Crippen LogP contribution in [0.3, 0.4) is 0 Å². The largest absolute Gasteiger partial charge is 0.483 e. The average molecular weight is 435 g/mol. The van der Waals surface area contributed by atoms with Crippen molar-refractivity contribution in [2.45, 2.75) is 33.8 Å². The van der Waals surface area contributed by atoms with Crippen LogP contribution in [-0.4, -0.2) is 24.5 Å². The van der Waals surface area contributed by atoms with Gasteiger partial charge in [0, 0.05) is 0 Å². The summed E-state index contributed by atoms with van der Waals surface area (Å²) < 4.78 is 11.9. The molecule has 2 N–H and O–H groups in total. The van der Waals surface area contributed by atoms with Crippen molar-refractivity contribution in [1.82, 2.24) is 10.9 Å². The SMILES string of the molecule is Cc1ccc(OCC(=O)NNC(=O)C(C)Oc2cc(C)ccc2C)c(Br)c1. The van der Waals surface area contributed by atoms with Crippen molar-refractivity contribution in [3.8, 4) is 11.5 Å². The number of carbonyl (C=O) groups is 2. The van der Waals surface area contributed by atoms with Crippen LogP contribution in [0.15, 0.2) is 40.9 Å². The highest BCUT2D eigenvalue weighted by Crippen LogP contribution is 2.25. The summed E-state index contributed by atoms with van der Waals surface area (Å²) in [7, 11) is 0. The lowest BCUT2D eigenvalue weighted by atomic mass is 10.1. The topological polar surface area (TPSA) is 76.7 Å². The number of hydrogen-bond donors (Lipinski definition) is 2. The molecule has 0 aliphatic heterocycles. The lowest BCUT2D eigenvalue weighted by Gasteiger charge is -2.17. The van der Waals surface area contributed by atoms with Crippen LogP contribution >= 0.6 is 15.9 Å². The number of amides is 2. The van der Waals surface area contributed by atoms with Crippen LogP contribution in [0.2, 0.25) is 0 Å². The third-order valence-corrected chi connectivity index (χ3v) is 4.41. The molecule has 144 valence electrons. The predicted molar refractivity (Wildman–Crippen MR) is 107 cm³/mol. The number of nitrogens with one attached hydrogen (secondary N) is 2. The molecule has 1 atom stereocenters. The normalized spacial score (nSPS) is 11.4. The highest BCUT2D eigenvalue weighted by molar-refractivity contribution is 9.10. The number of halogens is 1. The molecule has 0 radical (unpaired) electrons. The van der Waals surface area contributed by atoms with Crippen molar-refractivity contribution < 1.29 is 19.1 Å². The van der Waals surface area contributed by atoms with E-state index in [0.29, 0.717) is 11.5 Å². The Bertz CT molecular complexity index is 839. The fourth-order valence-electron chi connectivity index (χ4n) is 2.21. The van der Waals surface area contributed by atoms with E-state index < -0.39 is 17.9 Å². The van der Waals surface area contributed by atoms with Crippen molar-refractivity contribution in [2.75, 3.05) is 6.61 Å². The maximum Gasteiger partial charge on any atom is 0.279 e. The van der Waals surface area contributed by atoms with Gasteiger partial charge in [0.15, 0.2) is 12.7 Å². The first-order valence-corrected chi connectivity index (χ1v) is 9.27. The first-order chi connectivity index (χ1) is 12.8. The summed E-state index contributed by atoms with van der Waals surface area (Å²) in [6.45, 7) is 7.20. The zero-order valence-corrected chi connectivity index (χ0v) is 17.3. The van der Waals surface area contributed by atoms with Crippen molar-refractivity contribution in [3.63, 3.8) is 0 Å². The number of carbonyl (C=O) groups excluding carboxylic acids is 2. The molecule has 0 bridgehead atoms. The van der Waals surface area contributed by atoms with Gasteiger partial charge in [0.25, 0.3) is 11.8 Å². The van der Waals surface area contributed by atoms with Crippen molar-refractivity contribution in [2.24, 2.45) is 0 Å². The number of ether oxygens (including phenoxy) is 2. The minimum absolute atomic E-state index is 0.228. The van der Waals surface area contributed by atoms with Crippen molar-refractivity contribution in [1.29, 1.82) is 0 Å². The minimum atomic E-state index is -0.766. The summed E-state index contributed by atoms with van der Waals surface area (Å²) in [6.07, 6.45) is -0.766. The van der Waals surface area contributed by atoms with Gasteiger partial charge in [0.05, 0.1) is 4.47 Å². The Morgan fingerprint density at radius 3 is 2.37 bits per heavy atom. The van der Waals surface area contributed by atoms with Crippen LogP contribution in [0.4, 0.5) is 0 Å². The summed E-state index contributed by atoms with van der Waals surface area (Å²) in [5.41, 5.74) is 7.70. The minimum Gasteiger partial charge on any atom is -0.483 e. The molecule has 0 aliphatic carbocycles. The van der Waals surface area contributed by atoms with Gasteiger partial charge >= 0.3 is 0 Å². The molecule has 0 saturated heterocycles. The zero-order chi connectivity index (χ0) is 20.0. The molecule has 2 aromatic carbocycles. The Labute approximate surface area is 167 Å². The van der Waals surface area contributed by atoms with Crippen LogP contribution in [0.1, 0.15) is 23.6 Å². The molecule has 2 aromatic rings. The third kappa shape index (κ3) is 6.29. The van der Waals surface area contributed by atoms with E-state index in [1.807, 2.05) is 51.1 Å². The van der Waals surface area contributed by atoms with Gasteiger partial charge < -0.3 is 9.47 Å². The summed E-state index contributed by atoms with van der Waals surface area (Å²) in [6, 6.07) is 11.3. The summed E-state index contributed by atoms with van der Waals surface area (Å²) >= 11 is 3.38. The van der Waals surface area contributed by atoms with Crippen LogP contribution < -0.4 is 20.3 Å². The van der Waals surface area contributed by atoms with Gasteiger partial charge in [0.1, 0.15) is 11.5 Å². The molecule has 6 nitrogen and oxygen atoms in total. The quantitative estimate of drug-likeness (QED) is 0.683. The van der Waals surface area contributed by atoms with E-state index in [4.69, 9.17) is 9.47 Å². The first-order valence-electron chi connectivity index (χ1n) is 8.48. The molecule has 0 fully saturated rings. The van der Waals surface area contributed by atoms with Gasteiger partial charge in [-0.15, -0.1) is 0 Å². The smallest absolute Gasteiger partial charge is 0.279 e. The van der Waals surface area contributed by atoms with E-state index >= 15 is 0 Å². The van der Waals surface area contributed by atoms with Crippen LogP contribution in [0, 0.1) is 20.8 Å². The predicted octanol–water partition coefficient (Wildman–Crippen LogP) is 3.37. The Kier molecular flexibility index (Phi) is 7.24. The van der Waals surface area contributed by atoms with Gasteiger partial charge in [-0.05, 0) is 78.5 Å². The van der Waals surface area contributed by atoms with E-state index in [1.54, 1.807) is 13.0 Å². The van der Waals surface area contributed by atoms with Crippen LogP contribution in [0.5, 0.6) is 11.5 Å². The molecule has 7 heteroatoms. The van der Waals surface area contributed by atoms with E-state index in [2.05, 4.69) is 26.8 Å². The number of aryl methyl sites for hydroxylation is 3. The van der Waals surface area contributed by atoms with Crippen molar-refractivity contribution in [3.05, 3.63) is 57.6 Å². The number of rotatable bonds is 6. The third-order valence-electron chi connectivity index (χ3n) is 3.79. The molecule has 1 unspecified atom stereocenters. The Morgan fingerprint density at radius 2 is 1.67 bits per heavy atom. The number of hydrogen-bond acceptors (Lipinski definition) is 4. The van der Waals surface area contributed by atoms with Gasteiger partial charge in [-0.3, -0.25) is 20.4 Å². The number of benzene rings is 2. The summed E-state index contributed by atoms with van der Waals surface area (Å²) in [5, 5.41) is 0. The second-order valence-electron chi connectivity index (χ2n) is 6.29. The highest BCUT2D eigenvalue weighted by atomic mass is 79.9. The summed E-state index contributed by atoms with van der Waals surface area (Å²) in [4.78, 5) is 24.0. The molecule has 0 saturated carbocycles. The molecule has 0 heterocycles. The second-order valence-corrected chi connectivity index (χ2v) is 7.14. The molecule has 0 aliphatic rings. The fourth-order valence-corrected chi connectivity index (χ4v) is 2.82. The second kappa shape index (κ2) is 9.41. The highest BCUT2D eigenvalue weighted by Gasteiger charge is 2.16. The molecule has 27 heavy (non-hydrogen) atoms. The standard InChI is InChI=1S/C20H23BrN2O4/c1-12-6-8-17(16(21)9-12)26-11-19(24)22-23-20(25)15(4)27-18-10-13(2)5-7-14(18)3/h5-10,15H,11H2,1-4H3,(H,22,24)(H,23,25). The molecule has 2 rings (SSSR count). The Morgan fingerprint density at radius 1 is 1.00 bits per heavy atom. The monoisotopic (exact) mass is 434 g/mol. The maximum atomic E-state index is 12.1. The van der Waals surface area contributed by atoms with Gasteiger partial charge in [-0.2, -0.15) is 0 Å². The Balaban J connectivity index is 1.80. The summed E-state index contributed by atoms with van der Waals surface area (Å²) in [5.74, 6) is 0.251. The lowest BCUT2D eigenvalue weighted by Crippen LogP contribution is -2.48. The molecular formula is C20H23BrN2O4. The van der Waals surface area contributed by atoms with E-state index in [9.17, 15) is 9.59 Å². The van der Waals surface area contributed by atoms with E-state index in [-0.39, 0.29) is 6.61 Å². The molecule has 0 spiro atoms. The van der Waals surface area contributed by atoms with Crippen molar-refractivity contribution >= 4 is 27.7 Å². The molecule has 2 amide bonds. The maximum absolute atomic E-state index is 12.1. The molecular weight excluding hydrogens is 412 g/mol. The van der Waals surface area contributed by atoms with E-state index in [1.165, 1.54) is 0 Å². The Hall–Kier alpha value is -2.54. The lowest BCUT2D eigenvalue weighted by molar-refractivity contribution is -0.133. The average Bonchev–Trinajstić information content (AvgIpc) is 2.61. The molecule has 0 aromatic heterocycles. The van der Waals surface area contributed by atoms with E-state index in [0.717, 1.165) is 21.2 Å². The van der Waals surface area contributed by atoms with Gasteiger partial charge in [0.2, 0.25) is 0 Å².